The van der Waals surface area contributed by atoms with E-state index in [4.69, 9.17) is 4.74 Å². The van der Waals surface area contributed by atoms with Crippen molar-refractivity contribution in [2.45, 2.75) is 18.8 Å². The smallest absolute Gasteiger partial charge is 0.337 e. The van der Waals surface area contributed by atoms with Crippen LogP contribution in [0.15, 0.2) is 71.7 Å². The van der Waals surface area contributed by atoms with Gasteiger partial charge in [0, 0.05) is 25.1 Å². The molecule has 190 valence electrons. The number of carbonyl (C=O) groups is 2. The third-order valence-corrected chi connectivity index (χ3v) is 6.00. The van der Waals surface area contributed by atoms with Crippen molar-refractivity contribution in [3.8, 4) is 17.4 Å². The fourth-order valence-electron chi connectivity index (χ4n) is 4.08. The van der Waals surface area contributed by atoms with Crippen LogP contribution in [0, 0.1) is 0 Å². The van der Waals surface area contributed by atoms with Gasteiger partial charge in [0.05, 0.1) is 18.2 Å². The molecule has 4 aromatic rings. The van der Waals surface area contributed by atoms with Gasteiger partial charge in [-0.1, -0.05) is 24.3 Å². The van der Waals surface area contributed by atoms with E-state index in [1.165, 1.54) is 42.0 Å². The SMILES string of the molecule is COC(=O)c1ccc([C@H](CC(=O)NCCc2ccc(O)c(O)c2)c2c(O)nc3ccccn3c2=O)cc1. The minimum atomic E-state index is -0.860. The molecule has 1 atom stereocenters. The number of ether oxygens (including phenoxy) is 1. The number of amides is 1. The Morgan fingerprint density at radius 1 is 1.03 bits per heavy atom. The molecule has 0 aliphatic heterocycles. The molecule has 0 radical (unpaired) electrons. The third kappa shape index (κ3) is 5.53. The Bertz CT molecular complexity index is 1510. The van der Waals surface area contributed by atoms with Crippen LogP contribution in [0.5, 0.6) is 17.4 Å². The number of methoxy groups -OCH3 is 1. The summed E-state index contributed by atoms with van der Waals surface area (Å²) in [6.45, 7) is 0.234. The van der Waals surface area contributed by atoms with Crippen LogP contribution in [0.4, 0.5) is 0 Å². The van der Waals surface area contributed by atoms with E-state index >= 15 is 0 Å². The van der Waals surface area contributed by atoms with E-state index in [9.17, 15) is 29.7 Å². The normalized spacial score (nSPS) is 11.7. The number of aromatic hydroxyl groups is 3. The molecule has 2 aromatic carbocycles. The minimum Gasteiger partial charge on any atom is -0.504 e. The Morgan fingerprint density at radius 3 is 2.49 bits per heavy atom. The highest BCUT2D eigenvalue weighted by atomic mass is 16.5. The van der Waals surface area contributed by atoms with Gasteiger partial charge in [-0.2, -0.15) is 4.98 Å². The second-order valence-electron chi connectivity index (χ2n) is 8.38. The van der Waals surface area contributed by atoms with Crippen molar-refractivity contribution >= 4 is 17.5 Å². The Balaban J connectivity index is 1.62. The molecule has 0 spiro atoms. The zero-order valence-electron chi connectivity index (χ0n) is 19.9. The first kappa shape index (κ1) is 25.2. The topological polar surface area (TPSA) is 150 Å². The van der Waals surface area contributed by atoms with E-state index < -0.39 is 23.3 Å². The van der Waals surface area contributed by atoms with E-state index in [-0.39, 0.29) is 41.6 Å². The molecule has 0 saturated heterocycles. The molecule has 2 aromatic heterocycles. The van der Waals surface area contributed by atoms with Gasteiger partial charge in [-0.25, -0.2) is 4.79 Å². The highest BCUT2D eigenvalue weighted by Gasteiger charge is 2.26. The van der Waals surface area contributed by atoms with E-state index in [0.29, 0.717) is 23.1 Å². The summed E-state index contributed by atoms with van der Waals surface area (Å²) in [4.78, 5) is 42.3. The quantitative estimate of drug-likeness (QED) is 0.212. The Kier molecular flexibility index (Phi) is 7.38. The summed E-state index contributed by atoms with van der Waals surface area (Å²) in [5.74, 6) is -2.74. The van der Waals surface area contributed by atoms with Gasteiger partial charge in [0.1, 0.15) is 5.65 Å². The number of hydrogen-bond donors (Lipinski definition) is 4. The second kappa shape index (κ2) is 10.8. The molecule has 10 nitrogen and oxygen atoms in total. The zero-order valence-corrected chi connectivity index (χ0v) is 19.9. The number of pyridine rings is 1. The molecule has 0 saturated carbocycles. The van der Waals surface area contributed by atoms with Crippen LogP contribution in [-0.2, 0) is 16.0 Å². The second-order valence-corrected chi connectivity index (χ2v) is 8.38. The molecule has 4 rings (SSSR count). The Hall–Kier alpha value is -4.86. The molecule has 0 bridgehead atoms. The monoisotopic (exact) mass is 503 g/mol. The van der Waals surface area contributed by atoms with Crippen molar-refractivity contribution in [3.05, 3.63) is 99.5 Å². The van der Waals surface area contributed by atoms with Gasteiger partial charge < -0.3 is 25.4 Å². The lowest BCUT2D eigenvalue weighted by atomic mass is 9.88. The predicted molar refractivity (Wildman–Crippen MR) is 134 cm³/mol. The van der Waals surface area contributed by atoms with Crippen LogP contribution in [-0.4, -0.2) is 50.2 Å². The van der Waals surface area contributed by atoms with Crippen molar-refractivity contribution in [1.82, 2.24) is 14.7 Å². The zero-order chi connectivity index (χ0) is 26.5. The molecule has 0 fully saturated rings. The van der Waals surface area contributed by atoms with E-state index in [2.05, 4.69) is 10.3 Å². The number of benzene rings is 2. The van der Waals surface area contributed by atoms with Crippen LogP contribution in [0.3, 0.4) is 0 Å². The van der Waals surface area contributed by atoms with Crippen LogP contribution in [0.2, 0.25) is 0 Å². The first-order chi connectivity index (χ1) is 17.8. The molecule has 0 aliphatic carbocycles. The van der Waals surface area contributed by atoms with Crippen LogP contribution in [0.1, 0.15) is 39.4 Å². The lowest BCUT2D eigenvalue weighted by Gasteiger charge is -2.19. The van der Waals surface area contributed by atoms with Crippen LogP contribution < -0.4 is 10.9 Å². The molecule has 0 aliphatic rings. The van der Waals surface area contributed by atoms with Crippen molar-refractivity contribution in [3.63, 3.8) is 0 Å². The molecule has 2 heterocycles. The minimum absolute atomic E-state index is 0.0480. The van der Waals surface area contributed by atoms with Gasteiger partial charge in [-0.05, 0) is 53.9 Å². The van der Waals surface area contributed by atoms with Gasteiger partial charge in [0.2, 0.25) is 11.8 Å². The van der Waals surface area contributed by atoms with Crippen molar-refractivity contribution in [2.24, 2.45) is 0 Å². The van der Waals surface area contributed by atoms with Gasteiger partial charge >= 0.3 is 5.97 Å². The fourth-order valence-corrected chi connectivity index (χ4v) is 4.08. The lowest BCUT2D eigenvalue weighted by Crippen LogP contribution is -2.30. The summed E-state index contributed by atoms with van der Waals surface area (Å²) in [6.07, 6.45) is 1.74. The standard InChI is InChI=1S/C27H25N3O7/c1-37-27(36)18-8-6-17(7-9-18)19(24-25(34)29-22-4-2-3-13-30(22)26(24)35)15-23(33)28-12-11-16-5-10-20(31)21(32)14-16/h2-10,13-14,19,31-32,34H,11-12,15H2,1H3,(H,28,33)/t19-/m0/s1. The van der Waals surface area contributed by atoms with E-state index in [1.807, 2.05) is 0 Å². The summed E-state index contributed by atoms with van der Waals surface area (Å²) in [5.41, 5.74) is 1.22. The highest BCUT2D eigenvalue weighted by molar-refractivity contribution is 5.89. The fraction of sp³-hybridized carbons (Fsp3) is 0.185. The summed E-state index contributed by atoms with van der Waals surface area (Å²) in [5, 5.41) is 32.6. The molecular formula is C27H25N3O7. The first-order valence-electron chi connectivity index (χ1n) is 11.4. The number of hydrogen-bond acceptors (Lipinski definition) is 8. The maximum absolute atomic E-state index is 13.3. The average Bonchev–Trinajstić information content (AvgIpc) is 2.89. The van der Waals surface area contributed by atoms with Crippen LogP contribution >= 0.6 is 0 Å². The predicted octanol–water partition coefficient (Wildman–Crippen LogP) is 2.48. The number of rotatable bonds is 8. The summed E-state index contributed by atoms with van der Waals surface area (Å²) in [7, 11) is 1.27. The summed E-state index contributed by atoms with van der Waals surface area (Å²) >= 11 is 0. The number of carbonyl (C=O) groups excluding carboxylic acids is 2. The molecule has 1 amide bonds. The molecule has 10 heteroatoms. The highest BCUT2D eigenvalue weighted by Crippen LogP contribution is 2.31. The lowest BCUT2D eigenvalue weighted by molar-refractivity contribution is -0.121. The number of esters is 1. The summed E-state index contributed by atoms with van der Waals surface area (Å²) < 4.78 is 6.02. The van der Waals surface area contributed by atoms with E-state index in [0.717, 1.165) is 0 Å². The van der Waals surface area contributed by atoms with Crippen molar-refractivity contribution in [1.29, 1.82) is 0 Å². The number of nitrogens with one attached hydrogen (secondary N) is 1. The summed E-state index contributed by atoms with van der Waals surface area (Å²) in [6, 6.07) is 15.6. The number of phenols is 2. The molecule has 37 heavy (non-hydrogen) atoms. The van der Waals surface area contributed by atoms with E-state index in [1.54, 1.807) is 36.4 Å². The molecular weight excluding hydrogens is 478 g/mol. The van der Waals surface area contributed by atoms with Gasteiger partial charge in [0.15, 0.2) is 11.5 Å². The number of fused-ring (bicyclic) bond motifs is 1. The number of phenolic OH excluding ortho intramolecular Hbond substituents is 2. The first-order valence-corrected chi connectivity index (χ1v) is 11.4. The van der Waals surface area contributed by atoms with Gasteiger partial charge in [-0.3, -0.25) is 14.0 Å². The molecule has 0 unspecified atom stereocenters. The largest absolute Gasteiger partial charge is 0.504 e. The van der Waals surface area contributed by atoms with Gasteiger partial charge in [0.25, 0.3) is 5.56 Å². The Labute approximate surface area is 211 Å². The number of nitrogens with zero attached hydrogens (tertiary/aromatic N) is 2. The van der Waals surface area contributed by atoms with Crippen molar-refractivity contribution < 1.29 is 29.6 Å². The maximum atomic E-state index is 13.3. The molecule has 4 N–H and O–H groups in total. The van der Waals surface area contributed by atoms with Gasteiger partial charge in [-0.15, -0.1) is 0 Å². The maximum Gasteiger partial charge on any atom is 0.337 e. The van der Waals surface area contributed by atoms with Crippen molar-refractivity contribution in [2.75, 3.05) is 13.7 Å². The number of aromatic nitrogens is 2. The Morgan fingerprint density at radius 2 is 1.78 bits per heavy atom. The average molecular weight is 504 g/mol. The van der Waals surface area contributed by atoms with Crippen LogP contribution in [0.25, 0.3) is 5.65 Å². The third-order valence-electron chi connectivity index (χ3n) is 6.00.